The van der Waals surface area contributed by atoms with Crippen LogP contribution in [0.1, 0.15) is 34.0 Å². The molecule has 2 heteroatoms. The lowest BCUT2D eigenvalue weighted by Crippen LogP contribution is -2.03. The maximum Gasteiger partial charge on any atom is 0.166 e. The Morgan fingerprint density at radius 3 is 2.71 bits per heavy atom. The Hall–Kier alpha value is -0.630. The number of aryl methyl sites for hydroxylation is 1. The van der Waals surface area contributed by atoms with Crippen molar-refractivity contribution in [2.45, 2.75) is 27.2 Å². The first-order valence-electron chi connectivity index (χ1n) is 4.85. The highest BCUT2D eigenvalue weighted by Crippen LogP contribution is 2.35. The van der Waals surface area contributed by atoms with Crippen molar-refractivity contribution in [3.8, 4) is 0 Å². The van der Waals surface area contributed by atoms with Crippen molar-refractivity contribution in [2.24, 2.45) is 5.92 Å². The third-order valence-corrected chi connectivity index (χ3v) is 4.17. The Balaban J connectivity index is 2.70. The van der Waals surface area contributed by atoms with Crippen molar-refractivity contribution in [3.05, 3.63) is 32.8 Å². The maximum absolute atomic E-state index is 11.8. The van der Waals surface area contributed by atoms with E-state index in [0.29, 0.717) is 5.78 Å². The van der Waals surface area contributed by atoms with Gasteiger partial charge in [-0.25, -0.2) is 0 Å². The number of carbonyl (C=O) groups excluding carboxylic acids is 1. The van der Waals surface area contributed by atoms with Crippen LogP contribution in [0.15, 0.2) is 10.5 Å². The lowest BCUT2D eigenvalue weighted by molar-refractivity contribution is 0.0946. The molecule has 1 aliphatic carbocycles. The summed E-state index contributed by atoms with van der Waals surface area (Å²) in [5, 5.41) is 0. The van der Waals surface area contributed by atoms with Crippen LogP contribution in [0.4, 0.5) is 0 Å². The van der Waals surface area contributed by atoms with Gasteiger partial charge in [0.05, 0.1) is 0 Å². The zero-order valence-electron chi connectivity index (χ0n) is 8.65. The average molecular weight is 253 g/mol. The molecule has 14 heavy (non-hydrogen) atoms. The van der Waals surface area contributed by atoms with Gasteiger partial charge in [-0.1, -0.05) is 22.9 Å². The first-order chi connectivity index (χ1) is 6.52. The van der Waals surface area contributed by atoms with Crippen LogP contribution in [0, 0.1) is 19.8 Å². The average Bonchev–Trinajstić information content (AvgIpc) is 2.42. The monoisotopic (exact) mass is 252 g/mol. The molecule has 0 spiro atoms. The predicted octanol–water partition coefficient (Wildman–Crippen LogP) is 3.44. The van der Waals surface area contributed by atoms with E-state index in [9.17, 15) is 4.79 Å². The van der Waals surface area contributed by atoms with Crippen molar-refractivity contribution in [3.63, 3.8) is 0 Å². The number of halogens is 1. The van der Waals surface area contributed by atoms with Gasteiger partial charge in [-0.15, -0.1) is 0 Å². The standard InChI is InChI=1S/C12H13BrO/c1-6-4-10-9(11(13)8(6)3)5-7(2)12(10)14/h4,7H,5H2,1-3H3/t7-/m1/s1. The van der Waals surface area contributed by atoms with Crippen LogP contribution in [-0.4, -0.2) is 5.78 Å². The lowest BCUT2D eigenvalue weighted by atomic mass is 10.0. The van der Waals surface area contributed by atoms with E-state index in [-0.39, 0.29) is 5.92 Å². The zero-order valence-corrected chi connectivity index (χ0v) is 10.2. The Kier molecular flexibility index (Phi) is 2.26. The normalized spacial score (nSPS) is 20.0. The molecule has 1 aliphatic rings. The topological polar surface area (TPSA) is 17.1 Å². The van der Waals surface area contributed by atoms with E-state index in [4.69, 9.17) is 0 Å². The molecule has 0 unspecified atom stereocenters. The van der Waals surface area contributed by atoms with Crippen LogP contribution in [0.3, 0.4) is 0 Å². The molecule has 1 aromatic rings. The van der Waals surface area contributed by atoms with Gasteiger partial charge in [0.2, 0.25) is 0 Å². The lowest BCUT2D eigenvalue weighted by Gasteiger charge is -2.08. The fourth-order valence-electron chi connectivity index (χ4n) is 2.01. The molecule has 0 saturated carbocycles. The van der Waals surface area contributed by atoms with E-state index in [0.717, 1.165) is 16.5 Å². The van der Waals surface area contributed by atoms with Crippen molar-refractivity contribution in [1.29, 1.82) is 0 Å². The number of ketones is 1. The molecule has 0 N–H and O–H groups in total. The summed E-state index contributed by atoms with van der Waals surface area (Å²) in [5.74, 6) is 0.450. The fourth-order valence-corrected chi connectivity index (χ4v) is 2.70. The largest absolute Gasteiger partial charge is 0.294 e. The molecular weight excluding hydrogens is 240 g/mol. The summed E-state index contributed by atoms with van der Waals surface area (Å²) >= 11 is 3.58. The number of rotatable bonds is 0. The SMILES string of the molecule is Cc1cc2c(c(Br)c1C)C[C@@H](C)C2=O. The van der Waals surface area contributed by atoms with E-state index in [1.165, 1.54) is 16.7 Å². The molecular formula is C12H13BrO. The number of hydrogen-bond donors (Lipinski definition) is 0. The summed E-state index contributed by atoms with van der Waals surface area (Å²) in [7, 11) is 0. The van der Waals surface area contributed by atoms with Crippen LogP contribution < -0.4 is 0 Å². The number of benzene rings is 1. The van der Waals surface area contributed by atoms with Gasteiger partial charge < -0.3 is 0 Å². The third-order valence-electron chi connectivity index (χ3n) is 3.10. The van der Waals surface area contributed by atoms with Gasteiger partial charge in [0, 0.05) is 16.0 Å². The van der Waals surface area contributed by atoms with E-state index in [2.05, 4.69) is 29.8 Å². The molecule has 1 atom stereocenters. The Morgan fingerprint density at radius 1 is 1.43 bits per heavy atom. The second kappa shape index (κ2) is 3.20. The number of carbonyl (C=O) groups is 1. The minimum Gasteiger partial charge on any atom is -0.294 e. The molecule has 0 radical (unpaired) electrons. The summed E-state index contributed by atoms with van der Waals surface area (Å²) in [6, 6.07) is 2.03. The van der Waals surface area contributed by atoms with Crippen molar-refractivity contribution < 1.29 is 4.79 Å². The molecule has 1 aromatic carbocycles. The highest BCUT2D eigenvalue weighted by atomic mass is 79.9. The molecule has 1 nitrogen and oxygen atoms in total. The minimum atomic E-state index is 0.155. The maximum atomic E-state index is 11.8. The molecule has 0 aliphatic heterocycles. The van der Waals surface area contributed by atoms with Crippen LogP contribution in [0.25, 0.3) is 0 Å². The molecule has 0 aromatic heterocycles. The first-order valence-corrected chi connectivity index (χ1v) is 5.64. The highest BCUT2D eigenvalue weighted by Gasteiger charge is 2.29. The van der Waals surface area contributed by atoms with Crippen LogP contribution in [-0.2, 0) is 6.42 Å². The number of Topliss-reactive ketones (excluding diaryl/α,β-unsaturated/α-hetero) is 1. The summed E-state index contributed by atoms with van der Waals surface area (Å²) in [6.07, 6.45) is 0.885. The van der Waals surface area contributed by atoms with Gasteiger partial charge in [-0.3, -0.25) is 4.79 Å². The van der Waals surface area contributed by atoms with Gasteiger partial charge in [0.1, 0.15) is 0 Å². The van der Waals surface area contributed by atoms with Crippen molar-refractivity contribution >= 4 is 21.7 Å². The van der Waals surface area contributed by atoms with Gasteiger partial charge in [0.15, 0.2) is 5.78 Å². The minimum absolute atomic E-state index is 0.155. The number of hydrogen-bond acceptors (Lipinski definition) is 1. The summed E-state index contributed by atoms with van der Waals surface area (Å²) < 4.78 is 1.13. The second-order valence-corrected chi connectivity index (χ2v) is 4.92. The van der Waals surface area contributed by atoms with Gasteiger partial charge in [-0.2, -0.15) is 0 Å². The van der Waals surface area contributed by atoms with Crippen LogP contribution in [0.2, 0.25) is 0 Å². The Morgan fingerprint density at radius 2 is 2.07 bits per heavy atom. The Bertz CT molecular complexity index is 421. The fraction of sp³-hybridized carbons (Fsp3) is 0.417. The second-order valence-electron chi connectivity index (χ2n) is 4.13. The molecule has 0 heterocycles. The smallest absolute Gasteiger partial charge is 0.166 e. The van der Waals surface area contributed by atoms with Crippen molar-refractivity contribution in [1.82, 2.24) is 0 Å². The summed E-state index contributed by atoms with van der Waals surface area (Å²) in [6.45, 7) is 6.14. The molecule has 0 bridgehead atoms. The zero-order chi connectivity index (χ0) is 10.5. The summed E-state index contributed by atoms with van der Waals surface area (Å²) in [4.78, 5) is 11.8. The Labute approximate surface area is 92.6 Å². The quantitative estimate of drug-likeness (QED) is 0.692. The van der Waals surface area contributed by atoms with Crippen molar-refractivity contribution in [2.75, 3.05) is 0 Å². The summed E-state index contributed by atoms with van der Waals surface area (Å²) in [5.41, 5.74) is 4.57. The van der Waals surface area contributed by atoms with E-state index >= 15 is 0 Å². The van der Waals surface area contributed by atoms with Gasteiger partial charge in [-0.05, 0) is 43.0 Å². The van der Waals surface area contributed by atoms with Crippen LogP contribution in [0.5, 0.6) is 0 Å². The molecule has 74 valence electrons. The third kappa shape index (κ3) is 1.24. The van der Waals surface area contributed by atoms with E-state index in [1.54, 1.807) is 0 Å². The number of fused-ring (bicyclic) bond motifs is 1. The van der Waals surface area contributed by atoms with Gasteiger partial charge in [0.25, 0.3) is 0 Å². The molecule has 0 saturated heterocycles. The van der Waals surface area contributed by atoms with Gasteiger partial charge >= 0.3 is 0 Å². The predicted molar refractivity (Wildman–Crippen MR) is 60.8 cm³/mol. The van der Waals surface area contributed by atoms with E-state index in [1.807, 2.05) is 13.0 Å². The highest BCUT2D eigenvalue weighted by molar-refractivity contribution is 9.10. The molecule has 0 fully saturated rings. The molecule has 2 rings (SSSR count). The molecule has 0 amide bonds. The van der Waals surface area contributed by atoms with Crippen LogP contribution >= 0.6 is 15.9 Å². The first kappa shape index (κ1) is 9.91. The van der Waals surface area contributed by atoms with E-state index < -0.39 is 0 Å².